The molecule has 1 aliphatic rings. The molecule has 4 rings (SSSR count). The molecule has 0 radical (unpaired) electrons. The predicted octanol–water partition coefficient (Wildman–Crippen LogP) is 7.64. The third-order valence-electron chi connectivity index (χ3n) is 6.35. The van der Waals surface area contributed by atoms with Crippen molar-refractivity contribution in [3.63, 3.8) is 0 Å². The highest BCUT2D eigenvalue weighted by Crippen LogP contribution is 2.33. The normalized spacial score (nSPS) is 13.6. The first kappa shape index (κ1) is 28.4. The SMILES string of the molecule is CCc1ccc(C2=C(C(=O)Nc3ccc(OCCc4csc(NC(=O)OC(C)(C)C)n4)cc3)CCCC2)cc1. The van der Waals surface area contributed by atoms with Crippen LogP contribution < -0.4 is 15.4 Å². The molecule has 206 valence electrons. The molecule has 0 aliphatic heterocycles. The Morgan fingerprint density at radius 3 is 2.38 bits per heavy atom. The minimum Gasteiger partial charge on any atom is -0.493 e. The Morgan fingerprint density at radius 1 is 0.974 bits per heavy atom. The fraction of sp³-hybridized carbons (Fsp3) is 0.387. The molecule has 1 aliphatic carbocycles. The zero-order chi connectivity index (χ0) is 27.8. The number of anilines is 2. The molecule has 1 heterocycles. The lowest BCUT2D eigenvalue weighted by molar-refractivity contribution is -0.113. The number of aryl methyl sites for hydroxylation is 1. The molecule has 0 atom stereocenters. The first-order valence-electron chi connectivity index (χ1n) is 13.5. The van der Waals surface area contributed by atoms with Gasteiger partial charge >= 0.3 is 6.09 Å². The molecule has 2 aromatic carbocycles. The molecule has 39 heavy (non-hydrogen) atoms. The van der Waals surface area contributed by atoms with Crippen molar-refractivity contribution < 1.29 is 19.1 Å². The molecule has 0 bridgehead atoms. The van der Waals surface area contributed by atoms with E-state index in [0.29, 0.717) is 23.9 Å². The van der Waals surface area contributed by atoms with E-state index in [1.54, 1.807) is 0 Å². The van der Waals surface area contributed by atoms with Gasteiger partial charge in [-0.15, -0.1) is 11.3 Å². The third-order valence-corrected chi connectivity index (χ3v) is 7.16. The van der Waals surface area contributed by atoms with Crippen LogP contribution in [0.5, 0.6) is 5.75 Å². The maximum absolute atomic E-state index is 13.2. The van der Waals surface area contributed by atoms with Crippen LogP contribution in [0.4, 0.5) is 15.6 Å². The number of allylic oxidation sites excluding steroid dienone is 1. The average molecular weight is 548 g/mol. The molecule has 8 heteroatoms. The van der Waals surface area contributed by atoms with Crippen LogP contribution >= 0.6 is 11.3 Å². The molecule has 0 fully saturated rings. The van der Waals surface area contributed by atoms with Crippen molar-refractivity contribution >= 4 is 39.7 Å². The molecule has 0 unspecified atom stereocenters. The highest BCUT2D eigenvalue weighted by Gasteiger charge is 2.21. The van der Waals surface area contributed by atoms with Crippen molar-refractivity contribution in [1.82, 2.24) is 4.98 Å². The highest BCUT2D eigenvalue weighted by atomic mass is 32.1. The highest BCUT2D eigenvalue weighted by molar-refractivity contribution is 7.13. The first-order valence-corrected chi connectivity index (χ1v) is 14.4. The van der Waals surface area contributed by atoms with Gasteiger partial charge in [0.05, 0.1) is 12.3 Å². The van der Waals surface area contributed by atoms with Gasteiger partial charge in [-0.2, -0.15) is 0 Å². The van der Waals surface area contributed by atoms with Gasteiger partial charge in [0.15, 0.2) is 5.13 Å². The molecular weight excluding hydrogens is 510 g/mol. The minimum atomic E-state index is -0.562. The lowest BCUT2D eigenvalue weighted by Gasteiger charge is -2.20. The van der Waals surface area contributed by atoms with E-state index in [2.05, 4.69) is 46.8 Å². The van der Waals surface area contributed by atoms with E-state index in [1.165, 1.54) is 16.9 Å². The average Bonchev–Trinajstić information content (AvgIpc) is 3.35. The molecule has 1 aromatic heterocycles. The van der Waals surface area contributed by atoms with Gasteiger partial charge in [-0.05, 0) is 93.8 Å². The number of carbonyl (C=O) groups is 2. The Morgan fingerprint density at radius 2 is 1.69 bits per heavy atom. The Kier molecular flexibility index (Phi) is 9.41. The number of ether oxygens (including phenoxy) is 2. The van der Waals surface area contributed by atoms with Crippen LogP contribution in [0.3, 0.4) is 0 Å². The number of nitrogens with one attached hydrogen (secondary N) is 2. The van der Waals surface area contributed by atoms with Crippen LogP contribution in [-0.2, 0) is 22.4 Å². The third kappa shape index (κ3) is 8.42. The van der Waals surface area contributed by atoms with Gasteiger partial charge in [0.25, 0.3) is 5.91 Å². The van der Waals surface area contributed by atoms with E-state index in [0.717, 1.165) is 60.2 Å². The summed E-state index contributed by atoms with van der Waals surface area (Å²) in [5.74, 6) is 0.682. The van der Waals surface area contributed by atoms with E-state index >= 15 is 0 Å². The molecule has 0 saturated heterocycles. The topological polar surface area (TPSA) is 89.6 Å². The van der Waals surface area contributed by atoms with E-state index in [-0.39, 0.29) is 5.91 Å². The molecule has 2 N–H and O–H groups in total. The van der Waals surface area contributed by atoms with Crippen molar-refractivity contribution in [1.29, 1.82) is 0 Å². The molecule has 3 aromatic rings. The van der Waals surface area contributed by atoms with Crippen LogP contribution in [0, 0.1) is 0 Å². The number of aromatic nitrogens is 1. The van der Waals surface area contributed by atoms with E-state index in [4.69, 9.17) is 9.47 Å². The van der Waals surface area contributed by atoms with Gasteiger partial charge in [-0.25, -0.2) is 9.78 Å². The molecule has 2 amide bonds. The summed E-state index contributed by atoms with van der Waals surface area (Å²) in [5.41, 5.74) is 5.50. The smallest absolute Gasteiger partial charge is 0.413 e. The second-order valence-electron chi connectivity index (χ2n) is 10.6. The van der Waals surface area contributed by atoms with Crippen molar-refractivity contribution in [3.05, 3.63) is 76.3 Å². The number of benzene rings is 2. The van der Waals surface area contributed by atoms with Gasteiger partial charge in [-0.3, -0.25) is 10.1 Å². The van der Waals surface area contributed by atoms with Crippen LogP contribution in [0.25, 0.3) is 5.57 Å². The van der Waals surface area contributed by atoms with Crippen LogP contribution in [-0.4, -0.2) is 29.2 Å². The summed E-state index contributed by atoms with van der Waals surface area (Å²) in [6.45, 7) is 8.03. The summed E-state index contributed by atoms with van der Waals surface area (Å²) in [6.07, 6.45) is 4.95. The van der Waals surface area contributed by atoms with E-state index in [1.807, 2.05) is 50.4 Å². The largest absolute Gasteiger partial charge is 0.493 e. The van der Waals surface area contributed by atoms with Crippen LogP contribution in [0.2, 0.25) is 0 Å². The fourth-order valence-electron chi connectivity index (χ4n) is 4.40. The van der Waals surface area contributed by atoms with Gasteiger partial charge in [0.1, 0.15) is 11.4 Å². The molecular formula is C31H37N3O4S. The Bertz CT molecular complexity index is 1300. The van der Waals surface area contributed by atoms with Crippen molar-refractivity contribution in [2.24, 2.45) is 0 Å². The summed E-state index contributed by atoms with van der Waals surface area (Å²) in [7, 11) is 0. The number of nitrogens with zero attached hydrogens (tertiary/aromatic N) is 1. The second kappa shape index (κ2) is 12.9. The second-order valence-corrected chi connectivity index (χ2v) is 11.4. The van der Waals surface area contributed by atoms with Crippen LogP contribution in [0.1, 0.15) is 70.2 Å². The zero-order valence-corrected chi connectivity index (χ0v) is 24.0. The fourth-order valence-corrected chi connectivity index (χ4v) is 5.13. The van der Waals surface area contributed by atoms with E-state index in [9.17, 15) is 9.59 Å². The number of hydrogen-bond donors (Lipinski definition) is 2. The van der Waals surface area contributed by atoms with Crippen LogP contribution in [0.15, 0.2) is 59.5 Å². The maximum atomic E-state index is 13.2. The van der Waals surface area contributed by atoms with Crippen molar-refractivity contribution in [3.8, 4) is 5.75 Å². The zero-order valence-electron chi connectivity index (χ0n) is 23.1. The van der Waals surface area contributed by atoms with Gasteiger partial charge < -0.3 is 14.8 Å². The van der Waals surface area contributed by atoms with Gasteiger partial charge in [-0.1, -0.05) is 31.2 Å². The summed E-state index contributed by atoms with van der Waals surface area (Å²) in [4.78, 5) is 29.5. The first-order chi connectivity index (χ1) is 18.7. The summed E-state index contributed by atoms with van der Waals surface area (Å²) in [6, 6.07) is 16.0. The van der Waals surface area contributed by atoms with Crippen molar-refractivity contribution in [2.75, 3.05) is 17.2 Å². The maximum Gasteiger partial charge on any atom is 0.413 e. The quantitative estimate of drug-likeness (QED) is 0.287. The monoisotopic (exact) mass is 547 g/mol. The number of hydrogen-bond acceptors (Lipinski definition) is 6. The Hall–Kier alpha value is -3.65. The Labute approximate surface area is 234 Å². The number of rotatable bonds is 9. The van der Waals surface area contributed by atoms with E-state index < -0.39 is 11.7 Å². The number of amides is 2. The molecule has 7 nitrogen and oxygen atoms in total. The lowest BCUT2D eigenvalue weighted by atomic mass is 9.86. The summed E-state index contributed by atoms with van der Waals surface area (Å²) in [5, 5.41) is 8.11. The molecule has 0 spiro atoms. The Balaban J connectivity index is 1.29. The molecule has 0 saturated carbocycles. The lowest BCUT2D eigenvalue weighted by Crippen LogP contribution is -2.27. The number of thiazole rings is 1. The van der Waals surface area contributed by atoms with Gasteiger partial charge in [0, 0.05) is 23.1 Å². The van der Waals surface area contributed by atoms with Crippen molar-refractivity contribution in [2.45, 2.75) is 71.8 Å². The predicted molar refractivity (Wildman–Crippen MR) is 157 cm³/mol. The standard InChI is InChI=1S/C31H37N3O4S/c1-5-21-10-12-22(13-11-21)26-8-6-7-9-27(26)28(35)32-23-14-16-25(17-15-23)37-19-18-24-20-39-29(33-24)34-30(36)38-31(2,3)4/h10-17,20H,5-9,18-19H2,1-4H3,(H,32,35)(H,33,34,36). The number of carbonyl (C=O) groups excluding carboxylic acids is 2. The summed E-state index contributed by atoms with van der Waals surface area (Å²) < 4.78 is 11.1. The van der Waals surface area contributed by atoms with Gasteiger partial charge in [0.2, 0.25) is 0 Å². The minimum absolute atomic E-state index is 0.0303. The summed E-state index contributed by atoms with van der Waals surface area (Å²) >= 11 is 1.35.